The van der Waals surface area contributed by atoms with Gasteiger partial charge < -0.3 is 0 Å². The molecule has 0 saturated carbocycles. The van der Waals surface area contributed by atoms with Gasteiger partial charge in [0.25, 0.3) is 0 Å². The van der Waals surface area contributed by atoms with Crippen LogP contribution >= 0.6 is 0 Å². The Morgan fingerprint density at radius 1 is 2.00 bits per heavy atom. The third kappa shape index (κ3) is 1.96. The predicted octanol–water partition coefficient (Wildman–Crippen LogP) is -0.311. The van der Waals surface area contributed by atoms with Crippen molar-refractivity contribution in [3.8, 4) is 0 Å². The third-order valence-corrected chi connectivity index (χ3v) is 0.866. The molecule has 0 bridgehead atoms. The fourth-order valence-corrected chi connectivity index (χ4v) is 0. The average molecular weight is 71.2 g/mol. The monoisotopic (exact) mass is 71.0 g/mol. The van der Waals surface area contributed by atoms with Crippen LogP contribution in [0.1, 0.15) is 6.92 Å². The van der Waals surface area contributed by atoms with E-state index in [1.165, 1.54) is 0 Å². The zero-order valence-corrected chi connectivity index (χ0v) is 5.08. The summed E-state index contributed by atoms with van der Waals surface area (Å²) in [6.45, 7) is 1.91. The molecular formula is C3H7Si. The second-order valence-corrected chi connectivity index (χ2v) is 1.15. The fourth-order valence-electron chi connectivity index (χ4n) is 0. The van der Waals surface area contributed by atoms with Gasteiger partial charge in [0.1, 0.15) is 0 Å². The van der Waals surface area contributed by atoms with Gasteiger partial charge in [-0.15, -0.1) is 5.70 Å². The summed E-state index contributed by atoms with van der Waals surface area (Å²) in [6.07, 6.45) is 2.87. The molecule has 0 amide bonds. The molecule has 1 heteroatoms. The highest BCUT2D eigenvalue weighted by atomic mass is 28.1. The van der Waals surface area contributed by atoms with Crippen LogP contribution in [-0.4, -0.2) is 10.2 Å². The molecule has 0 N–H and O–H groups in total. The van der Waals surface area contributed by atoms with E-state index in [0.717, 1.165) is 10.2 Å². The van der Waals surface area contributed by atoms with Crippen LogP contribution < -0.4 is 0 Å². The van der Waals surface area contributed by atoms with Crippen LogP contribution in [0.25, 0.3) is 0 Å². The highest BCUT2D eigenvalue weighted by Gasteiger charge is 1.36. The molecule has 23 valence electrons. The highest BCUT2D eigenvalue weighted by molar-refractivity contribution is 6.16. The van der Waals surface area contributed by atoms with E-state index in [1.807, 2.05) is 12.6 Å². The van der Waals surface area contributed by atoms with Gasteiger partial charge in [-0.25, -0.2) is 0 Å². The smallest absolute Gasteiger partial charge is 0.0294 e. The van der Waals surface area contributed by atoms with E-state index < -0.39 is 0 Å². The number of rotatable bonds is 0. The van der Waals surface area contributed by atoms with Gasteiger partial charge >= 0.3 is 0 Å². The Morgan fingerprint density at radius 3 is 2.25 bits per heavy atom. The van der Waals surface area contributed by atoms with Crippen LogP contribution in [0.2, 0.25) is 0 Å². The lowest BCUT2D eigenvalue weighted by Crippen LogP contribution is -1.41. The Hall–Kier alpha value is -0.0431. The lowest BCUT2D eigenvalue weighted by molar-refractivity contribution is 1.69. The zero-order valence-electron chi connectivity index (χ0n) is 3.08. The van der Waals surface area contributed by atoms with Gasteiger partial charge in [-0.1, -0.05) is 6.08 Å². The first-order chi connectivity index (χ1) is 1.91. The SMILES string of the molecule is C[C]=C[SiH3]. The molecule has 0 aromatic heterocycles. The molecule has 0 unspecified atom stereocenters. The summed E-state index contributed by atoms with van der Waals surface area (Å²) in [6, 6.07) is 0. The van der Waals surface area contributed by atoms with E-state index in [0.29, 0.717) is 0 Å². The summed E-state index contributed by atoms with van der Waals surface area (Å²) < 4.78 is 0. The molecule has 1 radical (unpaired) electrons. The molecule has 4 heavy (non-hydrogen) atoms. The van der Waals surface area contributed by atoms with E-state index in [-0.39, 0.29) is 0 Å². The van der Waals surface area contributed by atoms with Gasteiger partial charge in [-0.3, -0.25) is 0 Å². The topological polar surface area (TPSA) is 0 Å². The van der Waals surface area contributed by atoms with E-state index in [1.54, 1.807) is 0 Å². The minimum atomic E-state index is 1.15. The Morgan fingerprint density at radius 2 is 2.25 bits per heavy atom. The normalized spacial score (nSPS) is 10.2. The molecule has 0 atom stereocenters. The van der Waals surface area contributed by atoms with Gasteiger partial charge in [0.05, 0.1) is 0 Å². The van der Waals surface area contributed by atoms with Gasteiger partial charge in [0, 0.05) is 10.2 Å². The average Bonchev–Trinajstić information content (AvgIpc) is 1.37. The molecule has 0 spiro atoms. The summed E-state index contributed by atoms with van der Waals surface area (Å²) in [5.41, 5.74) is 2.01. The van der Waals surface area contributed by atoms with Gasteiger partial charge in [-0.05, 0) is 6.92 Å². The van der Waals surface area contributed by atoms with Crippen molar-refractivity contribution in [2.45, 2.75) is 6.92 Å². The van der Waals surface area contributed by atoms with Crippen molar-refractivity contribution in [2.24, 2.45) is 0 Å². The van der Waals surface area contributed by atoms with Gasteiger partial charge in [-0.2, -0.15) is 0 Å². The number of allylic oxidation sites excluding steroid dienone is 1. The maximum absolute atomic E-state index is 2.87. The largest absolute Gasteiger partial charge is 0.102 e. The fraction of sp³-hybridized carbons (Fsp3) is 0.333. The predicted molar refractivity (Wildman–Crippen MR) is 23.4 cm³/mol. The van der Waals surface area contributed by atoms with Crippen molar-refractivity contribution in [1.82, 2.24) is 0 Å². The Kier molecular flexibility index (Phi) is 2.93. The summed E-state index contributed by atoms with van der Waals surface area (Å²) in [4.78, 5) is 0. The van der Waals surface area contributed by atoms with Crippen LogP contribution in [0.15, 0.2) is 5.70 Å². The molecule has 0 aromatic rings. The summed E-state index contributed by atoms with van der Waals surface area (Å²) >= 11 is 0. The van der Waals surface area contributed by atoms with Crippen molar-refractivity contribution < 1.29 is 0 Å². The van der Waals surface area contributed by atoms with Crippen LogP contribution in [0.4, 0.5) is 0 Å². The summed E-state index contributed by atoms with van der Waals surface area (Å²) in [5.74, 6) is 0. The maximum atomic E-state index is 2.87. The summed E-state index contributed by atoms with van der Waals surface area (Å²) in [7, 11) is 1.15. The first-order valence-electron chi connectivity index (χ1n) is 1.37. The van der Waals surface area contributed by atoms with Crippen LogP contribution in [0.5, 0.6) is 0 Å². The Labute approximate surface area is 30.0 Å². The Balaban J connectivity index is 2.55. The zero-order chi connectivity index (χ0) is 3.41. The third-order valence-electron chi connectivity index (χ3n) is 0.289. The molecule has 0 aromatic carbocycles. The quantitative estimate of drug-likeness (QED) is 0.344. The molecule has 0 rings (SSSR count). The van der Waals surface area contributed by atoms with Crippen molar-refractivity contribution >= 4 is 10.2 Å². The maximum Gasteiger partial charge on any atom is 0.0294 e. The molecule has 0 aliphatic carbocycles. The molecule has 0 fully saturated rings. The van der Waals surface area contributed by atoms with E-state index in [2.05, 4.69) is 6.08 Å². The van der Waals surface area contributed by atoms with E-state index >= 15 is 0 Å². The van der Waals surface area contributed by atoms with Gasteiger partial charge in [0.2, 0.25) is 0 Å². The van der Waals surface area contributed by atoms with Crippen molar-refractivity contribution in [2.75, 3.05) is 0 Å². The van der Waals surface area contributed by atoms with Crippen LogP contribution in [0.3, 0.4) is 0 Å². The van der Waals surface area contributed by atoms with Gasteiger partial charge in [0.15, 0.2) is 0 Å². The molecule has 0 aliphatic heterocycles. The van der Waals surface area contributed by atoms with Crippen LogP contribution in [-0.2, 0) is 0 Å². The first-order valence-corrected chi connectivity index (χ1v) is 2.52. The van der Waals surface area contributed by atoms with Crippen LogP contribution in [0, 0.1) is 6.08 Å². The molecular weight excluding hydrogens is 64.1 g/mol. The molecule has 0 heterocycles. The number of hydrogen-bond donors (Lipinski definition) is 0. The lowest BCUT2D eigenvalue weighted by Gasteiger charge is -1.47. The Bertz CT molecular complexity index is 18.5. The van der Waals surface area contributed by atoms with E-state index in [4.69, 9.17) is 0 Å². The standard InChI is InChI=1S/C3H7Si/c1-2-3-4/h3H,1,4H3. The second-order valence-electron chi connectivity index (χ2n) is 0.577. The van der Waals surface area contributed by atoms with Crippen molar-refractivity contribution in [3.05, 3.63) is 11.8 Å². The molecule has 0 saturated heterocycles. The minimum Gasteiger partial charge on any atom is -0.102 e. The molecule has 0 nitrogen and oxygen atoms in total. The van der Waals surface area contributed by atoms with E-state index in [9.17, 15) is 0 Å². The minimum absolute atomic E-state index is 1.15. The number of hydrogen-bond acceptors (Lipinski definition) is 0. The van der Waals surface area contributed by atoms with Crippen molar-refractivity contribution in [3.63, 3.8) is 0 Å². The lowest BCUT2D eigenvalue weighted by atomic mass is 10.8. The van der Waals surface area contributed by atoms with Crippen molar-refractivity contribution in [1.29, 1.82) is 0 Å². The summed E-state index contributed by atoms with van der Waals surface area (Å²) in [5, 5.41) is 0. The second kappa shape index (κ2) is 2.96. The highest BCUT2D eigenvalue weighted by Crippen LogP contribution is 1.48. The molecule has 0 aliphatic rings. The first kappa shape index (κ1) is 3.96.